The van der Waals surface area contributed by atoms with Gasteiger partial charge in [0, 0.05) is 29.1 Å². The Hall–Kier alpha value is -4.31. The number of hydrogen-bond acceptors (Lipinski definition) is 8. The van der Waals surface area contributed by atoms with Gasteiger partial charge in [-0.25, -0.2) is 15.4 Å². The molecule has 4 rings (SSSR count). The SMILES string of the molecule is Cc1cc(C)nc(SCC(=O)N/N=C\c2c(OCc3ccc([N+](=O)[O-])cc3)ccc3ccccc23)n1. The minimum absolute atomic E-state index is 0.0234. The van der Waals surface area contributed by atoms with Crippen LogP contribution in [-0.4, -0.2) is 32.8 Å². The highest BCUT2D eigenvalue weighted by atomic mass is 32.2. The Balaban J connectivity index is 1.46. The molecule has 0 fully saturated rings. The van der Waals surface area contributed by atoms with E-state index in [2.05, 4.69) is 20.5 Å². The van der Waals surface area contributed by atoms with Crippen LogP contribution in [0, 0.1) is 24.0 Å². The predicted molar refractivity (Wildman–Crippen MR) is 139 cm³/mol. The molecule has 0 bridgehead atoms. The summed E-state index contributed by atoms with van der Waals surface area (Å²) in [6, 6.07) is 19.6. The molecule has 1 heterocycles. The number of carbonyl (C=O) groups is 1. The Morgan fingerprint density at radius 1 is 1.08 bits per heavy atom. The third-order valence-corrected chi connectivity index (χ3v) is 6.00. The highest BCUT2D eigenvalue weighted by Crippen LogP contribution is 2.27. The van der Waals surface area contributed by atoms with Gasteiger partial charge in [-0.3, -0.25) is 14.9 Å². The second-order valence-electron chi connectivity index (χ2n) is 7.93. The van der Waals surface area contributed by atoms with Crippen LogP contribution < -0.4 is 10.2 Å². The number of thioether (sulfide) groups is 1. The number of aromatic nitrogens is 2. The van der Waals surface area contributed by atoms with E-state index in [-0.39, 0.29) is 24.0 Å². The lowest BCUT2D eigenvalue weighted by Crippen LogP contribution is -2.20. The number of nitro benzene ring substituents is 1. The van der Waals surface area contributed by atoms with Crippen molar-refractivity contribution in [1.82, 2.24) is 15.4 Å². The molecule has 0 radical (unpaired) electrons. The average Bonchev–Trinajstić information content (AvgIpc) is 2.86. The monoisotopic (exact) mass is 501 g/mol. The van der Waals surface area contributed by atoms with Crippen LogP contribution >= 0.6 is 11.8 Å². The molecule has 9 nitrogen and oxygen atoms in total. The lowest BCUT2D eigenvalue weighted by molar-refractivity contribution is -0.384. The molecule has 4 aromatic rings. The summed E-state index contributed by atoms with van der Waals surface area (Å²) < 4.78 is 6.02. The summed E-state index contributed by atoms with van der Waals surface area (Å²) in [5.74, 6) is 0.412. The highest BCUT2D eigenvalue weighted by Gasteiger charge is 2.10. The minimum atomic E-state index is -0.440. The third kappa shape index (κ3) is 6.42. The summed E-state index contributed by atoms with van der Waals surface area (Å²) in [7, 11) is 0. The zero-order chi connectivity index (χ0) is 25.5. The molecule has 10 heteroatoms. The number of benzene rings is 3. The Kier molecular flexibility index (Phi) is 7.86. The van der Waals surface area contributed by atoms with Gasteiger partial charge >= 0.3 is 0 Å². The topological polar surface area (TPSA) is 120 Å². The van der Waals surface area contributed by atoms with Gasteiger partial charge in [0.15, 0.2) is 5.16 Å². The van der Waals surface area contributed by atoms with Gasteiger partial charge in [0.05, 0.1) is 16.9 Å². The molecule has 0 spiro atoms. The van der Waals surface area contributed by atoms with Crippen molar-refractivity contribution < 1.29 is 14.5 Å². The largest absolute Gasteiger partial charge is 0.488 e. The molecule has 0 aliphatic carbocycles. The summed E-state index contributed by atoms with van der Waals surface area (Å²) in [6.45, 7) is 3.99. The number of ether oxygens (including phenoxy) is 1. The molecule has 1 N–H and O–H groups in total. The molecule has 36 heavy (non-hydrogen) atoms. The summed E-state index contributed by atoms with van der Waals surface area (Å²) in [5, 5.41) is 17.5. The molecule has 0 aliphatic heterocycles. The first kappa shape index (κ1) is 24.8. The predicted octanol–water partition coefficient (Wildman–Crippen LogP) is 4.98. The fourth-order valence-corrected chi connectivity index (χ4v) is 4.24. The normalized spacial score (nSPS) is 11.1. The molecule has 0 saturated heterocycles. The number of amides is 1. The maximum Gasteiger partial charge on any atom is 0.269 e. The van der Waals surface area contributed by atoms with Crippen molar-refractivity contribution in [3.8, 4) is 5.75 Å². The van der Waals surface area contributed by atoms with Crippen molar-refractivity contribution >= 4 is 40.3 Å². The molecule has 0 saturated carbocycles. The van der Waals surface area contributed by atoms with E-state index < -0.39 is 4.92 Å². The van der Waals surface area contributed by atoms with E-state index in [0.717, 1.165) is 27.7 Å². The number of carbonyl (C=O) groups excluding carboxylic acids is 1. The first-order valence-corrected chi connectivity index (χ1v) is 12.0. The number of fused-ring (bicyclic) bond motifs is 1. The van der Waals surface area contributed by atoms with Gasteiger partial charge in [-0.2, -0.15) is 5.10 Å². The van der Waals surface area contributed by atoms with Crippen LogP contribution in [0.3, 0.4) is 0 Å². The van der Waals surface area contributed by atoms with E-state index in [9.17, 15) is 14.9 Å². The lowest BCUT2D eigenvalue weighted by atomic mass is 10.0. The first-order valence-electron chi connectivity index (χ1n) is 11.0. The van der Waals surface area contributed by atoms with Crippen LogP contribution in [0.15, 0.2) is 77.0 Å². The average molecular weight is 502 g/mol. The van der Waals surface area contributed by atoms with Gasteiger partial charge in [0.25, 0.3) is 11.6 Å². The van der Waals surface area contributed by atoms with Gasteiger partial charge in [-0.1, -0.05) is 42.1 Å². The Labute approximate surface area is 211 Å². The summed E-state index contributed by atoms with van der Waals surface area (Å²) in [4.78, 5) is 31.4. The second-order valence-corrected chi connectivity index (χ2v) is 8.87. The Morgan fingerprint density at radius 3 is 2.53 bits per heavy atom. The maximum atomic E-state index is 12.3. The van der Waals surface area contributed by atoms with Crippen molar-refractivity contribution in [2.45, 2.75) is 25.6 Å². The van der Waals surface area contributed by atoms with E-state index in [0.29, 0.717) is 16.5 Å². The Morgan fingerprint density at radius 2 is 1.81 bits per heavy atom. The number of hydrogen-bond donors (Lipinski definition) is 1. The van der Waals surface area contributed by atoms with Crippen molar-refractivity contribution in [1.29, 1.82) is 0 Å². The van der Waals surface area contributed by atoms with E-state index in [1.165, 1.54) is 23.9 Å². The van der Waals surface area contributed by atoms with Crippen LogP contribution in [0.4, 0.5) is 5.69 Å². The van der Waals surface area contributed by atoms with Gasteiger partial charge in [-0.15, -0.1) is 0 Å². The van der Waals surface area contributed by atoms with Crippen LogP contribution in [0.1, 0.15) is 22.5 Å². The summed E-state index contributed by atoms with van der Waals surface area (Å²) in [5.41, 5.74) is 5.76. The fraction of sp³-hybridized carbons (Fsp3) is 0.154. The molecular weight excluding hydrogens is 478 g/mol. The number of nitrogens with one attached hydrogen (secondary N) is 1. The number of aryl methyl sites for hydroxylation is 2. The molecule has 1 aromatic heterocycles. The summed E-state index contributed by atoms with van der Waals surface area (Å²) in [6.07, 6.45) is 1.56. The molecule has 0 unspecified atom stereocenters. The molecule has 1 amide bonds. The number of nitro groups is 1. The molecule has 0 aliphatic rings. The molecule has 3 aromatic carbocycles. The van der Waals surface area contributed by atoms with Crippen molar-refractivity contribution in [3.05, 3.63) is 99.4 Å². The van der Waals surface area contributed by atoms with Crippen LogP contribution in [0.5, 0.6) is 5.75 Å². The van der Waals surface area contributed by atoms with Crippen molar-refractivity contribution in [3.63, 3.8) is 0 Å². The van der Waals surface area contributed by atoms with Gasteiger partial charge < -0.3 is 4.74 Å². The number of non-ortho nitro benzene ring substituents is 1. The number of rotatable bonds is 9. The quantitative estimate of drug-likeness (QED) is 0.113. The Bertz CT molecular complexity index is 1420. The highest BCUT2D eigenvalue weighted by molar-refractivity contribution is 7.99. The number of hydrazone groups is 1. The lowest BCUT2D eigenvalue weighted by Gasteiger charge is -2.12. The third-order valence-electron chi connectivity index (χ3n) is 5.15. The van der Waals surface area contributed by atoms with Crippen LogP contribution in [-0.2, 0) is 11.4 Å². The van der Waals surface area contributed by atoms with E-state index in [4.69, 9.17) is 4.74 Å². The maximum absolute atomic E-state index is 12.3. The fourth-order valence-electron chi connectivity index (χ4n) is 3.50. The first-order chi connectivity index (χ1) is 17.4. The minimum Gasteiger partial charge on any atom is -0.488 e. The molecular formula is C26H23N5O4S. The smallest absolute Gasteiger partial charge is 0.269 e. The standard InChI is InChI=1S/C26H23N5O4S/c1-17-13-18(2)29-26(28-17)36-16-25(32)30-27-14-23-22-6-4-3-5-20(22)9-12-24(23)35-15-19-7-10-21(11-8-19)31(33)34/h3-14H,15-16H2,1-2H3,(H,30,32)/b27-14-. The van der Waals surface area contributed by atoms with Crippen molar-refractivity contribution in [2.24, 2.45) is 5.10 Å². The van der Waals surface area contributed by atoms with E-state index in [1.807, 2.05) is 56.3 Å². The van der Waals surface area contributed by atoms with Gasteiger partial charge in [-0.05, 0) is 54.4 Å². The zero-order valence-electron chi connectivity index (χ0n) is 19.7. The van der Waals surface area contributed by atoms with E-state index in [1.54, 1.807) is 18.3 Å². The van der Waals surface area contributed by atoms with E-state index >= 15 is 0 Å². The second kappa shape index (κ2) is 11.4. The zero-order valence-corrected chi connectivity index (χ0v) is 20.5. The summed E-state index contributed by atoms with van der Waals surface area (Å²) >= 11 is 1.24. The van der Waals surface area contributed by atoms with Crippen LogP contribution in [0.25, 0.3) is 10.8 Å². The van der Waals surface area contributed by atoms with Gasteiger partial charge in [0.1, 0.15) is 12.4 Å². The molecule has 182 valence electrons. The van der Waals surface area contributed by atoms with Crippen molar-refractivity contribution in [2.75, 3.05) is 5.75 Å². The number of nitrogens with zero attached hydrogens (tertiary/aromatic N) is 4. The molecule has 0 atom stereocenters. The van der Waals surface area contributed by atoms with Crippen LogP contribution in [0.2, 0.25) is 0 Å². The van der Waals surface area contributed by atoms with Gasteiger partial charge in [0.2, 0.25) is 0 Å².